The molecule has 0 unspecified atom stereocenters. The molecular formula is C15H25N3S. The van der Waals surface area contributed by atoms with Crippen LogP contribution in [0.15, 0.2) is 12.4 Å². The van der Waals surface area contributed by atoms with E-state index in [0.717, 1.165) is 23.4 Å². The Labute approximate surface area is 121 Å². The van der Waals surface area contributed by atoms with Crippen molar-refractivity contribution in [2.45, 2.75) is 69.5 Å². The summed E-state index contributed by atoms with van der Waals surface area (Å²) in [6, 6.07) is 0.501. The highest BCUT2D eigenvalue weighted by molar-refractivity contribution is 7.99. The highest BCUT2D eigenvalue weighted by Crippen LogP contribution is 2.29. The van der Waals surface area contributed by atoms with Crippen molar-refractivity contribution < 1.29 is 0 Å². The summed E-state index contributed by atoms with van der Waals surface area (Å²) in [5.74, 6) is 1.94. The van der Waals surface area contributed by atoms with E-state index in [2.05, 4.69) is 29.1 Å². The van der Waals surface area contributed by atoms with Crippen molar-refractivity contribution >= 4 is 11.8 Å². The molecule has 3 nitrogen and oxygen atoms in total. The van der Waals surface area contributed by atoms with Crippen LogP contribution in [0, 0.1) is 0 Å². The molecule has 0 spiro atoms. The normalized spacial score (nSPS) is 17.0. The topological polar surface area (TPSA) is 37.8 Å². The first-order chi connectivity index (χ1) is 9.24. The predicted octanol–water partition coefficient (Wildman–Crippen LogP) is 3.54. The molecule has 1 aliphatic carbocycles. The second-order valence-corrected chi connectivity index (χ2v) is 6.90. The largest absolute Gasteiger partial charge is 0.310 e. The van der Waals surface area contributed by atoms with Crippen LogP contribution in [-0.2, 0) is 12.3 Å². The number of hydrogen-bond donors (Lipinski definition) is 1. The molecule has 1 aliphatic rings. The minimum atomic E-state index is 0.501. The minimum Gasteiger partial charge on any atom is -0.310 e. The standard InChI is InChI=1S/C15H25N3S/c1-12(2)16-8-13-9-17-15(18-10-13)11-19-14-6-4-3-5-7-14/h9-10,12,14,16H,3-8,11H2,1-2H3. The van der Waals surface area contributed by atoms with Gasteiger partial charge in [0.1, 0.15) is 5.82 Å². The molecule has 1 aromatic rings. The van der Waals surface area contributed by atoms with Crippen molar-refractivity contribution in [1.29, 1.82) is 0 Å². The van der Waals surface area contributed by atoms with Crippen molar-refractivity contribution in [3.63, 3.8) is 0 Å². The molecule has 1 heterocycles. The zero-order chi connectivity index (χ0) is 13.5. The Bertz CT molecular complexity index is 358. The summed E-state index contributed by atoms with van der Waals surface area (Å²) in [5, 5.41) is 4.21. The molecule has 0 atom stereocenters. The number of nitrogens with zero attached hydrogens (tertiary/aromatic N) is 2. The first-order valence-electron chi connectivity index (χ1n) is 7.39. The first-order valence-corrected chi connectivity index (χ1v) is 8.43. The lowest BCUT2D eigenvalue weighted by Gasteiger charge is -2.20. The molecule has 1 aromatic heterocycles. The van der Waals surface area contributed by atoms with Crippen molar-refractivity contribution in [3.8, 4) is 0 Å². The van der Waals surface area contributed by atoms with E-state index in [4.69, 9.17) is 0 Å². The fourth-order valence-electron chi connectivity index (χ4n) is 2.29. The maximum absolute atomic E-state index is 4.47. The van der Waals surface area contributed by atoms with Crippen LogP contribution in [0.3, 0.4) is 0 Å². The van der Waals surface area contributed by atoms with Crippen LogP contribution in [0.4, 0.5) is 0 Å². The van der Waals surface area contributed by atoms with Crippen molar-refractivity contribution in [2.75, 3.05) is 0 Å². The van der Waals surface area contributed by atoms with Gasteiger partial charge in [0.15, 0.2) is 0 Å². The summed E-state index contributed by atoms with van der Waals surface area (Å²) in [6.45, 7) is 5.15. The lowest BCUT2D eigenvalue weighted by molar-refractivity contribution is 0.516. The Hall–Kier alpha value is -0.610. The van der Waals surface area contributed by atoms with E-state index < -0.39 is 0 Å². The second-order valence-electron chi connectivity index (χ2n) is 5.61. The van der Waals surface area contributed by atoms with Gasteiger partial charge in [0, 0.05) is 35.8 Å². The van der Waals surface area contributed by atoms with Gasteiger partial charge in [-0.05, 0) is 12.8 Å². The average Bonchev–Trinajstić information content (AvgIpc) is 2.45. The van der Waals surface area contributed by atoms with E-state index in [0.29, 0.717) is 6.04 Å². The second kappa shape index (κ2) is 7.85. The lowest BCUT2D eigenvalue weighted by Crippen LogP contribution is -2.22. The summed E-state index contributed by atoms with van der Waals surface area (Å²) in [5.41, 5.74) is 1.17. The van der Waals surface area contributed by atoms with Gasteiger partial charge in [0.05, 0.1) is 5.75 Å². The Morgan fingerprint density at radius 1 is 1.21 bits per heavy atom. The van der Waals surface area contributed by atoms with E-state index in [1.54, 1.807) is 0 Å². The van der Waals surface area contributed by atoms with Crippen molar-refractivity contribution in [1.82, 2.24) is 15.3 Å². The molecule has 0 amide bonds. The van der Waals surface area contributed by atoms with E-state index in [1.165, 1.54) is 37.7 Å². The monoisotopic (exact) mass is 279 g/mol. The van der Waals surface area contributed by atoms with Gasteiger partial charge < -0.3 is 5.32 Å². The third kappa shape index (κ3) is 5.49. The molecule has 106 valence electrons. The first kappa shape index (κ1) is 14.8. The fraction of sp³-hybridized carbons (Fsp3) is 0.733. The predicted molar refractivity (Wildman–Crippen MR) is 82.2 cm³/mol. The zero-order valence-corrected chi connectivity index (χ0v) is 12.9. The molecule has 1 saturated carbocycles. The molecule has 0 radical (unpaired) electrons. The molecular weight excluding hydrogens is 254 g/mol. The number of hydrogen-bond acceptors (Lipinski definition) is 4. The highest BCUT2D eigenvalue weighted by atomic mass is 32.2. The van der Waals surface area contributed by atoms with Gasteiger partial charge in [0.25, 0.3) is 0 Å². The number of aromatic nitrogens is 2. The summed E-state index contributed by atoms with van der Waals surface area (Å²) >= 11 is 2.03. The molecule has 0 saturated heterocycles. The van der Waals surface area contributed by atoms with Gasteiger partial charge >= 0.3 is 0 Å². The van der Waals surface area contributed by atoms with Crippen LogP contribution in [0.5, 0.6) is 0 Å². The molecule has 1 N–H and O–H groups in total. The van der Waals surface area contributed by atoms with Crippen LogP contribution in [0.1, 0.15) is 57.3 Å². The van der Waals surface area contributed by atoms with Gasteiger partial charge in [-0.1, -0.05) is 33.1 Å². The Morgan fingerprint density at radius 3 is 2.53 bits per heavy atom. The van der Waals surface area contributed by atoms with Crippen LogP contribution < -0.4 is 5.32 Å². The van der Waals surface area contributed by atoms with Gasteiger partial charge in [-0.25, -0.2) is 9.97 Å². The quantitative estimate of drug-likeness (QED) is 0.864. The Kier molecular flexibility index (Phi) is 6.11. The average molecular weight is 279 g/mol. The fourth-order valence-corrected chi connectivity index (χ4v) is 3.49. The van der Waals surface area contributed by atoms with Gasteiger partial charge in [0.2, 0.25) is 0 Å². The molecule has 0 aliphatic heterocycles. The van der Waals surface area contributed by atoms with Gasteiger partial charge in [-0.15, -0.1) is 0 Å². The Balaban J connectivity index is 1.74. The van der Waals surface area contributed by atoms with E-state index in [1.807, 2.05) is 24.2 Å². The Morgan fingerprint density at radius 2 is 1.89 bits per heavy atom. The summed E-state index contributed by atoms with van der Waals surface area (Å²) in [4.78, 5) is 8.94. The third-order valence-electron chi connectivity index (χ3n) is 3.47. The molecule has 2 rings (SSSR count). The molecule has 4 heteroatoms. The zero-order valence-electron chi connectivity index (χ0n) is 12.1. The number of thioether (sulfide) groups is 1. The van der Waals surface area contributed by atoms with E-state index >= 15 is 0 Å². The van der Waals surface area contributed by atoms with E-state index in [-0.39, 0.29) is 0 Å². The van der Waals surface area contributed by atoms with Crippen molar-refractivity contribution in [2.24, 2.45) is 0 Å². The summed E-state index contributed by atoms with van der Waals surface area (Å²) in [7, 11) is 0. The minimum absolute atomic E-state index is 0.501. The van der Waals surface area contributed by atoms with Crippen LogP contribution in [0.25, 0.3) is 0 Å². The summed E-state index contributed by atoms with van der Waals surface area (Å²) < 4.78 is 0. The van der Waals surface area contributed by atoms with E-state index in [9.17, 15) is 0 Å². The lowest BCUT2D eigenvalue weighted by atomic mass is 10.0. The number of nitrogens with one attached hydrogen (secondary N) is 1. The summed E-state index contributed by atoms with van der Waals surface area (Å²) in [6.07, 6.45) is 10.9. The molecule has 0 aromatic carbocycles. The van der Waals surface area contributed by atoms with Gasteiger partial charge in [-0.3, -0.25) is 0 Å². The van der Waals surface area contributed by atoms with Gasteiger partial charge in [-0.2, -0.15) is 11.8 Å². The molecule has 0 bridgehead atoms. The van der Waals surface area contributed by atoms with Crippen LogP contribution in [0.2, 0.25) is 0 Å². The van der Waals surface area contributed by atoms with Crippen LogP contribution in [-0.4, -0.2) is 21.3 Å². The third-order valence-corrected chi connectivity index (χ3v) is 4.84. The molecule has 1 fully saturated rings. The number of rotatable bonds is 6. The SMILES string of the molecule is CC(C)NCc1cnc(CSC2CCCCC2)nc1. The highest BCUT2D eigenvalue weighted by Gasteiger charge is 2.14. The van der Waals surface area contributed by atoms with Crippen molar-refractivity contribution in [3.05, 3.63) is 23.8 Å². The maximum atomic E-state index is 4.47. The smallest absolute Gasteiger partial charge is 0.138 e. The van der Waals surface area contributed by atoms with Crippen LogP contribution >= 0.6 is 11.8 Å². The maximum Gasteiger partial charge on any atom is 0.138 e. The molecule has 19 heavy (non-hydrogen) atoms.